The minimum atomic E-state index is -3.60. The fourth-order valence-electron chi connectivity index (χ4n) is 1.53. The Bertz CT molecular complexity index is 445. The normalized spacial score (nSPS) is 12.3. The molecule has 0 aliphatic carbocycles. The van der Waals surface area contributed by atoms with Crippen molar-refractivity contribution in [1.29, 1.82) is 0 Å². The van der Waals surface area contributed by atoms with E-state index in [1.165, 1.54) is 0 Å². The second-order valence-electron chi connectivity index (χ2n) is 4.05. The molecule has 0 saturated heterocycles. The van der Waals surface area contributed by atoms with E-state index in [1.807, 2.05) is 60.7 Å². The second kappa shape index (κ2) is 6.99. The van der Waals surface area contributed by atoms with E-state index >= 15 is 0 Å². The zero-order valence-corrected chi connectivity index (χ0v) is 12.1. The standard InChI is InChI=1S/C14H16ClO3P/c15-19(16,17-11-13-7-3-1-4-8-13)18-12-14-9-5-2-6-10-14/h1-10,16,19H,11-12H2. The predicted octanol–water partition coefficient (Wildman–Crippen LogP) is 4.06. The number of hydrogen-bond donors (Lipinski definition) is 1. The van der Waals surface area contributed by atoms with Gasteiger partial charge in [-0.1, -0.05) is 0 Å². The fourth-order valence-corrected chi connectivity index (χ4v) is 2.63. The molecule has 0 aliphatic heterocycles. The maximum atomic E-state index is 9.90. The first-order valence-corrected chi connectivity index (χ1v) is 8.70. The van der Waals surface area contributed by atoms with Crippen LogP contribution >= 0.6 is 18.5 Å². The average molecular weight is 299 g/mol. The van der Waals surface area contributed by atoms with Crippen LogP contribution in [0, 0.1) is 0 Å². The molecule has 1 N–H and O–H groups in total. The van der Waals surface area contributed by atoms with Crippen molar-refractivity contribution in [3.63, 3.8) is 0 Å². The van der Waals surface area contributed by atoms with Crippen LogP contribution in [0.15, 0.2) is 60.7 Å². The molecule has 0 aliphatic rings. The molecule has 3 nitrogen and oxygen atoms in total. The number of hydrogen-bond acceptors (Lipinski definition) is 3. The van der Waals surface area contributed by atoms with E-state index < -0.39 is 7.30 Å². The summed E-state index contributed by atoms with van der Waals surface area (Å²) >= 11 is 5.89. The second-order valence-corrected chi connectivity index (χ2v) is 7.07. The Morgan fingerprint density at radius 3 is 1.53 bits per heavy atom. The molecule has 5 heteroatoms. The van der Waals surface area contributed by atoms with Crippen LogP contribution < -0.4 is 0 Å². The third kappa shape index (κ3) is 5.27. The monoisotopic (exact) mass is 298 g/mol. The Balaban J connectivity index is 1.82. The van der Waals surface area contributed by atoms with Gasteiger partial charge in [-0.05, 0) is 0 Å². The van der Waals surface area contributed by atoms with Crippen LogP contribution in [0.25, 0.3) is 0 Å². The molecule has 2 aromatic carbocycles. The van der Waals surface area contributed by atoms with Gasteiger partial charge in [-0.25, -0.2) is 0 Å². The quantitative estimate of drug-likeness (QED) is 0.817. The van der Waals surface area contributed by atoms with Gasteiger partial charge in [0.1, 0.15) is 0 Å². The first-order valence-electron chi connectivity index (χ1n) is 5.93. The van der Waals surface area contributed by atoms with Gasteiger partial charge in [-0.15, -0.1) is 0 Å². The molecule has 0 aromatic heterocycles. The molecule has 0 saturated carbocycles. The van der Waals surface area contributed by atoms with E-state index in [9.17, 15) is 4.89 Å². The fraction of sp³-hybridized carbons (Fsp3) is 0.143. The van der Waals surface area contributed by atoms with E-state index in [0.29, 0.717) is 0 Å². The van der Waals surface area contributed by atoms with Gasteiger partial charge in [0.25, 0.3) is 0 Å². The zero-order valence-electron chi connectivity index (χ0n) is 10.3. The Hall–Kier alpha value is -0.960. The molecule has 0 radical (unpaired) electrons. The Kier molecular flexibility index (Phi) is 5.32. The van der Waals surface area contributed by atoms with Crippen molar-refractivity contribution >= 4 is 18.5 Å². The first-order chi connectivity index (χ1) is 9.16. The van der Waals surface area contributed by atoms with E-state index in [0.717, 1.165) is 11.1 Å². The topological polar surface area (TPSA) is 38.7 Å². The summed E-state index contributed by atoms with van der Waals surface area (Å²) in [6.45, 7) is 0.476. The van der Waals surface area contributed by atoms with Gasteiger partial charge in [0.2, 0.25) is 0 Å². The molecule has 0 atom stereocenters. The zero-order chi connectivity index (χ0) is 13.6. The van der Waals surface area contributed by atoms with Crippen molar-refractivity contribution in [2.75, 3.05) is 0 Å². The molecule has 2 aromatic rings. The molecule has 0 heterocycles. The minimum absolute atomic E-state index is 0.238. The van der Waals surface area contributed by atoms with Gasteiger partial charge in [0.05, 0.1) is 0 Å². The maximum absolute atomic E-state index is 9.90. The van der Waals surface area contributed by atoms with Crippen LogP contribution in [0.5, 0.6) is 0 Å². The molecule has 0 fully saturated rings. The Morgan fingerprint density at radius 1 is 0.789 bits per heavy atom. The van der Waals surface area contributed by atoms with Crippen molar-refractivity contribution in [3.05, 3.63) is 71.8 Å². The van der Waals surface area contributed by atoms with E-state index in [2.05, 4.69) is 0 Å². The molecular formula is C14H16ClO3P. The third-order valence-electron chi connectivity index (χ3n) is 2.52. The van der Waals surface area contributed by atoms with Gasteiger partial charge in [0.15, 0.2) is 0 Å². The Labute approximate surface area is 118 Å². The number of halogens is 1. The molecule has 0 amide bonds. The SMILES string of the molecule is O[PH](Cl)(OCc1ccccc1)OCc1ccccc1. The third-order valence-corrected chi connectivity index (χ3v) is 4.17. The van der Waals surface area contributed by atoms with Crippen LogP contribution in [0.2, 0.25) is 0 Å². The average Bonchev–Trinajstić information content (AvgIpc) is 2.46. The van der Waals surface area contributed by atoms with Gasteiger partial charge < -0.3 is 0 Å². The summed E-state index contributed by atoms with van der Waals surface area (Å²) in [5.41, 5.74) is 1.88. The number of rotatable bonds is 6. The molecular weight excluding hydrogens is 283 g/mol. The van der Waals surface area contributed by atoms with E-state index in [-0.39, 0.29) is 13.2 Å². The van der Waals surface area contributed by atoms with Gasteiger partial charge >= 0.3 is 117 Å². The van der Waals surface area contributed by atoms with Gasteiger partial charge in [0, 0.05) is 0 Å². The van der Waals surface area contributed by atoms with Crippen molar-refractivity contribution in [2.45, 2.75) is 13.2 Å². The molecule has 102 valence electrons. The molecule has 19 heavy (non-hydrogen) atoms. The molecule has 0 bridgehead atoms. The number of benzene rings is 2. The van der Waals surface area contributed by atoms with Crippen molar-refractivity contribution in [3.8, 4) is 0 Å². The van der Waals surface area contributed by atoms with E-state index in [1.54, 1.807) is 0 Å². The summed E-state index contributed by atoms with van der Waals surface area (Å²) in [4.78, 5) is 9.90. The van der Waals surface area contributed by atoms with Crippen LogP contribution in [0.4, 0.5) is 0 Å². The summed E-state index contributed by atoms with van der Waals surface area (Å²) in [6, 6.07) is 19.0. The molecule has 0 spiro atoms. The van der Waals surface area contributed by atoms with Crippen LogP contribution in [-0.2, 0) is 22.3 Å². The van der Waals surface area contributed by atoms with E-state index in [4.69, 9.17) is 20.3 Å². The van der Waals surface area contributed by atoms with Crippen molar-refractivity contribution in [1.82, 2.24) is 0 Å². The van der Waals surface area contributed by atoms with Crippen molar-refractivity contribution in [2.24, 2.45) is 0 Å². The van der Waals surface area contributed by atoms with Gasteiger partial charge in [-0.3, -0.25) is 0 Å². The first kappa shape index (κ1) is 14.4. The summed E-state index contributed by atoms with van der Waals surface area (Å²) in [6.07, 6.45) is 0. The van der Waals surface area contributed by atoms with Crippen LogP contribution in [0.1, 0.15) is 11.1 Å². The molecule has 0 unspecified atom stereocenters. The predicted molar refractivity (Wildman–Crippen MR) is 78.8 cm³/mol. The summed E-state index contributed by atoms with van der Waals surface area (Å²) < 4.78 is 10.5. The Morgan fingerprint density at radius 2 is 1.16 bits per heavy atom. The summed E-state index contributed by atoms with van der Waals surface area (Å²) in [5.74, 6) is 0. The van der Waals surface area contributed by atoms with Crippen LogP contribution in [0.3, 0.4) is 0 Å². The van der Waals surface area contributed by atoms with Crippen molar-refractivity contribution < 1.29 is 13.9 Å². The summed E-state index contributed by atoms with van der Waals surface area (Å²) in [5, 5.41) is 0. The van der Waals surface area contributed by atoms with Gasteiger partial charge in [-0.2, -0.15) is 0 Å². The molecule has 2 rings (SSSR count). The van der Waals surface area contributed by atoms with Crippen LogP contribution in [-0.4, -0.2) is 4.89 Å². The summed E-state index contributed by atoms with van der Waals surface area (Å²) in [7, 11) is -3.60.